The van der Waals surface area contributed by atoms with Crippen LogP contribution >= 0.6 is 0 Å². The van der Waals surface area contributed by atoms with Gasteiger partial charge in [-0.25, -0.2) is 0 Å². The highest BCUT2D eigenvalue weighted by Crippen LogP contribution is 2.13. The molecule has 0 atom stereocenters. The Balaban J connectivity index is 2.02. The van der Waals surface area contributed by atoms with Crippen molar-refractivity contribution in [2.75, 3.05) is 20.1 Å². The van der Waals surface area contributed by atoms with E-state index in [1.165, 1.54) is 0 Å². The first-order valence-electron chi connectivity index (χ1n) is 6.15. The molecule has 94 valence electrons. The predicted molar refractivity (Wildman–Crippen MR) is 67.0 cm³/mol. The van der Waals surface area contributed by atoms with Gasteiger partial charge in [0.05, 0.1) is 5.69 Å². The monoisotopic (exact) mass is 236 g/mol. The fourth-order valence-corrected chi connectivity index (χ4v) is 2.02. The number of nitrogens with one attached hydrogen (secondary N) is 1. The average molecular weight is 236 g/mol. The standard InChI is InChI=1S/C12H20N4O/c1-4-11-10(9(2)17-15-11)8-14-12-13-6-5-7-16(12)3/h4-8H2,1-3H3,(H,13,14). The molecule has 1 N–H and O–H groups in total. The van der Waals surface area contributed by atoms with E-state index in [0.29, 0.717) is 0 Å². The minimum absolute atomic E-state index is 0.738. The summed E-state index contributed by atoms with van der Waals surface area (Å²) in [4.78, 5) is 6.63. The average Bonchev–Trinajstić information content (AvgIpc) is 2.69. The smallest absolute Gasteiger partial charge is 0.193 e. The predicted octanol–water partition coefficient (Wildman–Crippen LogP) is 1.33. The zero-order valence-corrected chi connectivity index (χ0v) is 10.8. The number of aromatic nitrogens is 1. The Bertz CT molecular complexity index is 411. The molecule has 0 amide bonds. The lowest BCUT2D eigenvalue weighted by Gasteiger charge is -2.25. The number of guanidine groups is 1. The first-order valence-corrected chi connectivity index (χ1v) is 6.15. The summed E-state index contributed by atoms with van der Waals surface area (Å²) in [6.45, 7) is 6.76. The van der Waals surface area contributed by atoms with Gasteiger partial charge in [-0.15, -0.1) is 0 Å². The van der Waals surface area contributed by atoms with Crippen LogP contribution in [-0.2, 0) is 13.0 Å². The summed E-state index contributed by atoms with van der Waals surface area (Å²) in [6.07, 6.45) is 2.03. The van der Waals surface area contributed by atoms with Gasteiger partial charge in [-0.3, -0.25) is 4.99 Å². The number of hydrogen-bond acceptors (Lipinski definition) is 5. The van der Waals surface area contributed by atoms with Gasteiger partial charge >= 0.3 is 0 Å². The molecule has 5 heteroatoms. The Hall–Kier alpha value is -1.52. The summed E-state index contributed by atoms with van der Waals surface area (Å²) in [5.74, 6) is 1.87. The molecule has 0 saturated carbocycles. The summed E-state index contributed by atoms with van der Waals surface area (Å²) < 4.78 is 5.21. The van der Waals surface area contributed by atoms with E-state index >= 15 is 0 Å². The van der Waals surface area contributed by atoms with E-state index in [0.717, 1.165) is 55.5 Å². The molecule has 0 aliphatic carbocycles. The van der Waals surface area contributed by atoms with Gasteiger partial charge in [-0.2, -0.15) is 0 Å². The van der Waals surface area contributed by atoms with Gasteiger partial charge in [-0.1, -0.05) is 12.1 Å². The van der Waals surface area contributed by atoms with Gasteiger partial charge in [0, 0.05) is 32.2 Å². The zero-order valence-electron chi connectivity index (χ0n) is 10.8. The first-order chi connectivity index (χ1) is 8.22. The Morgan fingerprint density at radius 3 is 3.00 bits per heavy atom. The van der Waals surface area contributed by atoms with E-state index in [9.17, 15) is 0 Å². The maximum absolute atomic E-state index is 5.21. The van der Waals surface area contributed by atoms with Gasteiger partial charge in [0.1, 0.15) is 5.76 Å². The summed E-state index contributed by atoms with van der Waals surface area (Å²) in [5.41, 5.74) is 2.20. The van der Waals surface area contributed by atoms with Gasteiger partial charge in [0.25, 0.3) is 0 Å². The van der Waals surface area contributed by atoms with Crippen molar-refractivity contribution < 1.29 is 4.52 Å². The maximum Gasteiger partial charge on any atom is 0.193 e. The van der Waals surface area contributed by atoms with Crippen LogP contribution in [0, 0.1) is 6.92 Å². The van der Waals surface area contributed by atoms with Crippen molar-refractivity contribution in [2.45, 2.75) is 33.2 Å². The van der Waals surface area contributed by atoms with Crippen LogP contribution in [0.15, 0.2) is 9.52 Å². The Labute approximate surface area is 102 Å². The van der Waals surface area contributed by atoms with Crippen LogP contribution < -0.4 is 5.32 Å². The summed E-state index contributed by atoms with van der Waals surface area (Å²) in [6, 6.07) is 0. The fraction of sp³-hybridized carbons (Fsp3) is 0.667. The molecule has 0 bridgehead atoms. The lowest BCUT2D eigenvalue weighted by molar-refractivity contribution is 0.390. The van der Waals surface area contributed by atoms with Crippen LogP contribution in [0.2, 0.25) is 0 Å². The minimum atomic E-state index is 0.738. The van der Waals surface area contributed by atoms with Crippen molar-refractivity contribution in [1.82, 2.24) is 15.4 Å². The first kappa shape index (κ1) is 12.0. The van der Waals surface area contributed by atoms with E-state index in [4.69, 9.17) is 4.52 Å². The van der Waals surface area contributed by atoms with Crippen LogP contribution in [0.5, 0.6) is 0 Å². The molecule has 1 aliphatic heterocycles. The fourth-order valence-electron chi connectivity index (χ4n) is 2.02. The second-order valence-corrected chi connectivity index (χ2v) is 4.35. The molecule has 17 heavy (non-hydrogen) atoms. The number of rotatable bonds is 3. The second-order valence-electron chi connectivity index (χ2n) is 4.35. The molecular formula is C12H20N4O. The Kier molecular flexibility index (Phi) is 3.66. The van der Waals surface area contributed by atoms with Gasteiger partial charge < -0.3 is 14.7 Å². The van der Waals surface area contributed by atoms with Crippen molar-refractivity contribution in [1.29, 1.82) is 0 Å². The third-order valence-electron chi connectivity index (χ3n) is 3.10. The molecule has 0 radical (unpaired) electrons. The van der Waals surface area contributed by atoms with Gasteiger partial charge in [0.15, 0.2) is 5.96 Å². The van der Waals surface area contributed by atoms with Crippen LogP contribution in [-0.4, -0.2) is 36.2 Å². The summed E-state index contributed by atoms with van der Waals surface area (Å²) >= 11 is 0. The molecule has 0 aromatic carbocycles. The molecule has 5 nitrogen and oxygen atoms in total. The lowest BCUT2D eigenvalue weighted by atomic mass is 10.1. The van der Waals surface area contributed by atoms with E-state index in [1.54, 1.807) is 0 Å². The molecule has 1 aromatic heterocycles. The maximum atomic E-state index is 5.21. The lowest BCUT2D eigenvalue weighted by Crippen LogP contribution is -2.41. The van der Waals surface area contributed by atoms with Crippen molar-refractivity contribution >= 4 is 5.96 Å². The molecule has 1 aromatic rings. The Morgan fingerprint density at radius 1 is 1.47 bits per heavy atom. The molecule has 0 spiro atoms. The number of aryl methyl sites for hydroxylation is 2. The van der Waals surface area contributed by atoms with Crippen LogP contribution in [0.4, 0.5) is 0 Å². The Morgan fingerprint density at radius 2 is 2.29 bits per heavy atom. The third kappa shape index (κ3) is 2.60. The SMILES string of the molecule is CCc1noc(C)c1CNC1=NCCCN1C. The van der Waals surface area contributed by atoms with Gasteiger partial charge in [0.2, 0.25) is 0 Å². The quantitative estimate of drug-likeness (QED) is 0.860. The molecule has 2 rings (SSSR count). The van der Waals surface area contributed by atoms with Crippen molar-refractivity contribution in [3.8, 4) is 0 Å². The molecule has 0 saturated heterocycles. The molecule has 0 unspecified atom stereocenters. The highest BCUT2D eigenvalue weighted by atomic mass is 16.5. The minimum Gasteiger partial charge on any atom is -0.361 e. The van der Waals surface area contributed by atoms with E-state index in [2.05, 4.69) is 34.3 Å². The molecule has 1 aliphatic rings. The number of hydrogen-bond donors (Lipinski definition) is 1. The third-order valence-corrected chi connectivity index (χ3v) is 3.10. The van der Waals surface area contributed by atoms with Crippen LogP contribution in [0.25, 0.3) is 0 Å². The van der Waals surface area contributed by atoms with Gasteiger partial charge in [-0.05, 0) is 19.8 Å². The largest absolute Gasteiger partial charge is 0.361 e. The summed E-state index contributed by atoms with van der Waals surface area (Å²) in [5, 5.41) is 7.41. The molecular weight excluding hydrogens is 216 g/mol. The highest BCUT2D eigenvalue weighted by molar-refractivity contribution is 5.80. The van der Waals surface area contributed by atoms with Crippen LogP contribution in [0.1, 0.15) is 30.4 Å². The second kappa shape index (κ2) is 5.21. The zero-order chi connectivity index (χ0) is 12.3. The number of aliphatic imine (C=N–C) groups is 1. The molecule has 2 heterocycles. The van der Waals surface area contributed by atoms with E-state index in [-0.39, 0.29) is 0 Å². The van der Waals surface area contributed by atoms with Crippen molar-refractivity contribution in [2.24, 2.45) is 4.99 Å². The normalized spacial score (nSPS) is 15.9. The topological polar surface area (TPSA) is 53.7 Å². The van der Waals surface area contributed by atoms with E-state index in [1.807, 2.05) is 6.92 Å². The molecule has 0 fully saturated rings. The highest BCUT2D eigenvalue weighted by Gasteiger charge is 2.14. The van der Waals surface area contributed by atoms with Crippen LogP contribution in [0.3, 0.4) is 0 Å². The van der Waals surface area contributed by atoms with Crippen molar-refractivity contribution in [3.05, 3.63) is 17.0 Å². The number of nitrogens with zero attached hydrogens (tertiary/aromatic N) is 3. The van der Waals surface area contributed by atoms with E-state index < -0.39 is 0 Å². The summed E-state index contributed by atoms with van der Waals surface area (Å²) in [7, 11) is 2.06. The van der Waals surface area contributed by atoms with Crippen molar-refractivity contribution in [3.63, 3.8) is 0 Å².